The summed E-state index contributed by atoms with van der Waals surface area (Å²) in [6.45, 7) is 3.96. The van der Waals surface area contributed by atoms with Crippen molar-refractivity contribution >= 4 is 15.9 Å². The Morgan fingerprint density at radius 1 is 1.11 bits per heavy atom. The lowest BCUT2D eigenvalue weighted by atomic mass is 10.1. The van der Waals surface area contributed by atoms with Gasteiger partial charge in [-0.1, -0.05) is 12.1 Å². The number of nitrogens with zero attached hydrogens (tertiary/aromatic N) is 1. The van der Waals surface area contributed by atoms with Crippen molar-refractivity contribution < 1.29 is 9.84 Å². The van der Waals surface area contributed by atoms with Gasteiger partial charge >= 0.3 is 0 Å². The van der Waals surface area contributed by atoms with Gasteiger partial charge in [-0.05, 0) is 59.6 Å². The molecule has 19 heavy (non-hydrogen) atoms. The van der Waals surface area contributed by atoms with E-state index in [0.717, 1.165) is 15.8 Å². The molecular weight excluding hydrogens is 306 g/mol. The summed E-state index contributed by atoms with van der Waals surface area (Å²) in [6.07, 6.45) is 1.10. The van der Waals surface area contributed by atoms with Crippen molar-refractivity contribution in [2.24, 2.45) is 0 Å². The molecule has 1 unspecified atom stereocenters. The van der Waals surface area contributed by atoms with Gasteiger partial charge in [0.15, 0.2) is 0 Å². The number of pyridine rings is 1. The van der Waals surface area contributed by atoms with Crippen LogP contribution in [-0.2, 0) is 0 Å². The third-order valence-corrected chi connectivity index (χ3v) is 3.07. The number of benzene rings is 1. The van der Waals surface area contributed by atoms with Crippen molar-refractivity contribution in [3.63, 3.8) is 0 Å². The fourth-order valence-corrected chi connectivity index (χ4v) is 1.96. The van der Waals surface area contributed by atoms with Crippen molar-refractivity contribution in [2.45, 2.75) is 26.1 Å². The number of rotatable bonds is 4. The molecule has 0 spiro atoms. The van der Waals surface area contributed by atoms with Crippen LogP contribution in [0.4, 0.5) is 0 Å². The molecule has 3 nitrogen and oxygen atoms in total. The van der Waals surface area contributed by atoms with Gasteiger partial charge in [0.05, 0.1) is 11.8 Å². The smallest absolute Gasteiger partial charge is 0.121 e. The van der Waals surface area contributed by atoms with Gasteiger partial charge in [0.2, 0.25) is 0 Å². The Balaban J connectivity index is 2.15. The van der Waals surface area contributed by atoms with Gasteiger partial charge in [0.1, 0.15) is 11.9 Å². The highest BCUT2D eigenvalue weighted by atomic mass is 79.9. The molecule has 1 heterocycles. The fraction of sp³-hybridized carbons (Fsp3) is 0.267. The molecule has 0 aliphatic heterocycles. The summed E-state index contributed by atoms with van der Waals surface area (Å²) in [5.41, 5.74) is 1.42. The van der Waals surface area contributed by atoms with Crippen LogP contribution >= 0.6 is 15.9 Å². The van der Waals surface area contributed by atoms with E-state index < -0.39 is 6.10 Å². The van der Waals surface area contributed by atoms with Gasteiger partial charge in [0.25, 0.3) is 0 Å². The van der Waals surface area contributed by atoms with Crippen LogP contribution in [0.2, 0.25) is 0 Å². The molecule has 0 saturated heterocycles. The van der Waals surface area contributed by atoms with Crippen molar-refractivity contribution in [1.82, 2.24) is 4.98 Å². The molecule has 0 radical (unpaired) electrons. The number of aliphatic hydroxyl groups is 1. The molecular formula is C15H16BrNO2. The van der Waals surface area contributed by atoms with Crippen molar-refractivity contribution in [3.05, 3.63) is 58.3 Å². The van der Waals surface area contributed by atoms with Gasteiger partial charge in [-0.15, -0.1) is 0 Å². The molecule has 0 bridgehead atoms. The summed E-state index contributed by atoms with van der Waals surface area (Å²) in [5, 5.41) is 10.2. The second-order valence-corrected chi connectivity index (χ2v) is 5.46. The molecule has 2 rings (SSSR count). The maximum Gasteiger partial charge on any atom is 0.121 e. The van der Waals surface area contributed by atoms with E-state index in [9.17, 15) is 5.11 Å². The van der Waals surface area contributed by atoms with E-state index in [4.69, 9.17) is 4.74 Å². The number of hydrogen-bond donors (Lipinski definition) is 1. The first-order chi connectivity index (χ1) is 9.06. The zero-order valence-corrected chi connectivity index (χ0v) is 12.5. The van der Waals surface area contributed by atoms with Crippen LogP contribution in [0.3, 0.4) is 0 Å². The zero-order valence-electron chi connectivity index (χ0n) is 10.9. The lowest BCUT2D eigenvalue weighted by Gasteiger charge is -2.13. The van der Waals surface area contributed by atoms with E-state index in [0.29, 0.717) is 5.69 Å². The van der Waals surface area contributed by atoms with Crippen LogP contribution in [0.25, 0.3) is 0 Å². The molecule has 100 valence electrons. The van der Waals surface area contributed by atoms with Gasteiger partial charge in [-0.2, -0.15) is 0 Å². The van der Waals surface area contributed by atoms with Crippen molar-refractivity contribution in [2.75, 3.05) is 0 Å². The van der Waals surface area contributed by atoms with Crippen LogP contribution in [0.15, 0.2) is 47.1 Å². The van der Waals surface area contributed by atoms with Crippen molar-refractivity contribution in [3.8, 4) is 5.75 Å². The minimum atomic E-state index is -0.721. The van der Waals surface area contributed by atoms with E-state index in [-0.39, 0.29) is 6.10 Å². The number of hydrogen-bond acceptors (Lipinski definition) is 3. The topological polar surface area (TPSA) is 42.4 Å². The molecule has 0 aliphatic carbocycles. The predicted octanol–water partition coefficient (Wildman–Crippen LogP) is 3.71. The molecule has 2 aromatic rings. The Morgan fingerprint density at radius 2 is 1.79 bits per heavy atom. The maximum absolute atomic E-state index is 10.2. The Hall–Kier alpha value is -1.39. The highest BCUT2D eigenvalue weighted by molar-refractivity contribution is 9.10. The third-order valence-electron chi connectivity index (χ3n) is 2.60. The maximum atomic E-state index is 10.2. The second kappa shape index (κ2) is 6.17. The number of ether oxygens (including phenoxy) is 1. The van der Waals surface area contributed by atoms with Crippen LogP contribution < -0.4 is 4.74 Å². The van der Waals surface area contributed by atoms with Crippen LogP contribution in [0, 0.1) is 0 Å². The molecule has 1 aromatic carbocycles. The monoisotopic (exact) mass is 321 g/mol. The first-order valence-corrected chi connectivity index (χ1v) is 6.91. The summed E-state index contributed by atoms with van der Waals surface area (Å²) in [6, 6.07) is 11.1. The lowest BCUT2D eigenvalue weighted by molar-refractivity contribution is 0.214. The average Bonchev–Trinajstić information content (AvgIpc) is 2.39. The highest BCUT2D eigenvalue weighted by Crippen LogP contribution is 2.23. The summed E-state index contributed by atoms with van der Waals surface area (Å²) >= 11 is 3.32. The number of aliphatic hydroxyl groups excluding tert-OH is 1. The quantitative estimate of drug-likeness (QED) is 0.933. The number of halogens is 1. The third kappa shape index (κ3) is 3.78. The molecule has 0 saturated carbocycles. The van der Waals surface area contributed by atoms with Gasteiger partial charge in [-0.25, -0.2) is 0 Å². The van der Waals surface area contributed by atoms with Gasteiger partial charge in [-0.3, -0.25) is 4.98 Å². The Labute approximate surface area is 121 Å². The summed E-state index contributed by atoms with van der Waals surface area (Å²) < 4.78 is 6.46. The molecule has 0 amide bonds. The minimum absolute atomic E-state index is 0.143. The Bertz CT molecular complexity index is 523. The largest absolute Gasteiger partial charge is 0.491 e. The lowest BCUT2D eigenvalue weighted by Crippen LogP contribution is -2.06. The van der Waals surface area contributed by atoms with Crippen LogP contribution in [0.1, 0.15) is 31.2 Å². The van der Waals surface area contributed by atoms with Gasteiger partial charge < -0.3 is 9.84 Å². The first-order valence-electron chi connectivity index (χ1n) is 6.12. The Morgan fingerprint density at radius 3 is 2.32 bits per heavy atom. The molecule has 0 aliphatic rings. The average molecular weight is 322 g/mol. The van der Waals surface area contributed by atoms with E-state index in [1.54, 1.807) is 12.3 Å². The molecule has 4 heteroatoms. The Kier molecular flexibility index (Phi) is 4.56. The standard InChI is InChI=1S/C15H16BrNO2/c1-10(2)19-13-6-3-11(4-7-13)15(18)14-8-5-12(16)9-17-14/h3-10,15,18H,1-2H3. The van der Waals surface area contributed by atoms with Gasteiger partial charge in [0, 0.05) is 10.7 Å². The summed E-state index contributed by atoms with van der Waals surface area (Å²) in [4.78, 5) is 4.20. The molecule has 1 atom stereocenters. The fourth-order valence-electron chi connectivity index (χ4n) is 1.72. The molecule has 0 fully saturated rings. The summed E-state index contributed by atoms with van der Waals surface area (Å²) in [7, 11) is 0. The van der Waals surface area contributed by atoms with E-state index in [1.807, 2.05) is 44.2 Å². The van der Waals surface area contributed by atoms with Crippen LogP contribution in [0.5, 0.6) is 5.75 Å². The normalized spacial score (nSPS) is 12.5. The second-order valence-electron chi connectivity index (χ2n) is 4.54. The predicted molar refractivity (Wildman–Crippen MR) is 78.2 cm³/mol. The van der Waals surface area contributed by atoms with Crippen molar-refractivity contribution in [1.29, 1.82) is 0 Å². The number of aromatic nitrogens is 1. The molecule has 1 aromatic heterocycles. The van der Waals surface area contributed by atoms with E-state index >= 15 is 0 Å². The zero-order chi connectivity index (χ0) is 13.8. The highest BCUT2D eigenvalue weighted by Gasteiger charge is 2.11. The molecule has 1 N–H and O–H groups in total. The van der Waals surface area contributed by atoms with E-state index in [2.05, 4.69) is 20.9 Å². The minimum Gasteiger partial charge on any atom is -0.491 e. The van der Waals surface area contributed by atoms with E-state index in [1.165, 1.54) is 0 Å². The SMILES string of the molecule is CC(C)Oc1ccc(C(O)c2ccc(Br)cn2)cc1. The first kappa shape index (κ1) is 14.0. The summed E-state index contributed by atoms with van der Waals surface area (Å²) in [5.74, 6) is 0.801. The van der Waals surface area contributed by atoms with Crippen LogP contribution in [-0.4, -0.2) is 16.2 Å².